The van der Waals surface area contributed by atoms with Crippen LogP contribution >= 0.6 is 0 Å². The Kier molecular flexibility index (Phi) is 7.62. The van der Waals surface area contributed by atoms with Crippen LogP contribution in [0, 0.1) is 0 Å². The molecular formula is C14H20O5. The number of benzene rings is 1. The van der Waals surface area contributed by atoms with Gasteiger partial charge in [0.15, 0.2) is 0 Å². The van der Waals surface area contributed by atoms with Crippen molar-refractivity contribution in [3.05, 3.63) is 29.8 Å². The van der Waals surface area contributed by atoms with E-state index in [1.807, 2.05) is 0 Å². The highest BCUT2D eigenvalue weighted by Gasteiger charge is 2.01. The van der Waals surface area contributed by atoms with Crippen LogP contribution < -0.4 is 4.74 Å². The molecule has 0 spiro atoms. The monoisotopic (exact) mass is 268 g/mol. The Bertz CT molecular complexity index is 361. The highest BCUT2D eigenvalue weighted by molar-refractivity contribution is 5.87. The Morgan fingerprint density at radius 1 is 1.00 bits per heavy atom. The lowest BCUT2D eigenvalue weighted by Gasteiger charge is -2.07. The summed E-state index contributed by atoms with van der Waals surface area (Å²) in [6.07, 6.45) is 1.01. The maximum Gasteiger partial charge on any atom is 0.335 e. The third-order valence-corrected chi connectivity index (χ3v) is 2.32. The van der Waals surface area contributed by atoms with E-state index in [0.29, 0.717) is 32.2 Å². The Balaban J connectivity index is 2.07. The molecule has 106 valence electrons. The first-order valence-electron chi connectivity index (χ1n) is 6.35. The molecule has 0 aliphatic rings. The first-order chi connectivity index (χ1) is 9.24. The first-order valence-corrected chi connectivity index (χ1v) is 6.35. The molecule has 5 heteroatoms. The van der Waals surface area contributed by atoms with E-state index in [1.165, 1.54) is 12.1 Å². The van der Waals surface area contributed by atoms with E-state index in [-0.39, 0.29) is 5.56 Å². The molecule has 0 atom stereocenters. The molecular weight excluding hydrogens is 248 g/mol. The topological polar surface area (TPSA) is 65.0 Å². The summed E-state index contributed by atoms with van der Waals surface area (Å²) >= 11 is 0. The smallest absolute Gasteiger partial charge is 0.335 e. The van der Waals surface area contributed by atoms with E-state index in [0.717, 1.165) is 13.0 Å². The fraction of sp³-hybridized carbons (Fsp3) is 0.500. The number of carboxylic acid groups (broad SMARTS) is 1. The van der Waals surface area contributed by atoms with Crippen molar-refractivity contribution in [2.75, 3.05) is 33.0 Å². The SMILES string of the molecule is CCCOCCOCCOc1ccc(C(=O)O)cc1. The van der Waals surface area contributed by atoms with Gasteiger partial charge in [-0.05, 0) is 30.7 Å². The zero-order chi connectivity index (χ0) is 13.9. The summed E-state index contributed by atoms with van der Waals surface area (Å²) in [6.45, 7) is 4.89. The summed E-state index contributed by atoms with van der Waals surface area (Å²) in [7, 11) is 0. The molecule has 0 bridgehead atoms. The molecule has 0 saturated carbocycles. The van der Waals surface area contributed by atoms with E-state index in [1.54, 1.807) is 12.1 Å². The quantitative estimate of drug-likeness (QED) is 0.659. The summed E-state index contributed by atoms with van der Waals surface area (Å²) in [4.78, 5) is 10.6. The number of hydrogen-bond donors (Lipinski definition) is 1. The van der Waals surface area contributed by atoms with Gasteiger partial charge in [-0.1, -0.05) is 6.92 Å². The van der Waals surface area contributed by atoms with Crippen LogP contribution in [0.3, 0.4) is 0 Å². The Morgan fingerprint density at radius 3 is 2.16 bits per heavy atom. The third-order valence-electron chi connectivity index (χ3n) is 2.32. The summed E-state index contributed by atoms with van der Waals surface area (Å²) in [5.41, 5.74) is 0.247. The van der Waals surface area contributed by atoms with Crippen molar-refractivity contribution in [3.8, 4) is 5.75 Å². The average molecular weight is 268 g/mol. The van der Waals surface area contributed by atoms with Gasteiger partial charge in [-0.25, -0.2) is 4.79 Å². The normalized spacial score (nSPS) is 10.4. The van der Waals surface area contributed by atoms with Crippen molar-refractivity contribution < 1.29 is 24.1 Å². The van der Waals surface area contributed by atoms with Gasteiger partial charge in [-0.2, -0.15) is 0 Å². The van der Waals surface area contributed by atoms with Gasteiger partial charge >= 0.3 is 5.97 Å². The van der Waals surface area contributed by atoms with Gasteiger partial charge in [0, 0.05) is 6.61 Å². The van der Waals surface area contributed by atoms with E-state index < -0.39 is 5.97 Å². The van der Waals surface area contributed by atoms with Crippen LogP contribution in [-0.2, 0) is 9.47 Å². The first kappa shape index (κ1) is 15.5. The fourth-order valence-corrected chi connectivity index (χ4v) is 1.38. The lowest BCUT2D eigenvalue weighted by Crippen LogP contribution is -2.11. The van der Waals surface area contributed by atoms with Crippen molar-refractivity contribution in [1.82, 2.24) is 0 Å². The molecule has 0 aliphatic heterocycles. The van der Waals surface area contributed by atoms with Crippen LogP contribution in [0.25, 0.3) is 0 Å². The third kappa shape index (κ3) is 6.79. The molecule has 0 unspecified atom stereocenters. The number of aromatic carboxylic acids is 1. The molecule has 0 aliphatic carbocycles. The Hall–Kier alpha value is -1.59. The number of carboxylic acids is 1. The van der Waals surface area contributed by atoms with Crippen LogP contribution in [0.1, 0.15) is 23.7 Å². The van der Waals surface area contributed by atoms with Gasteiger partial charge in [0.05, 0.1) is 25.4 Å². The minimum absolute atomic E-state index is 0.247. The maximum absolute atomic E-state index is 10.6. The van der Waals surface area contributed by atoms with Crippen molar-refractivity contribution in [1.29, 1.82) is 0 Å². The molecule has 5 nitrogen and oxygen atoms in total. The Labute approximate surface area is 113 Å². The van der Waals surface area contributed by atoms with Crippen LogP contribution in [0.5, 0.6) is 5.75 Å². The van der Waals surface area contributed by atoms with Crippen LogP contribution in [0.15, 0.2) is 24.3 Å². The molecule has 1 N–H and O–H groups in total. The van der Waals surface area contributed by atoms with Gasteiger partial charge < -0.3 is 19.3 Å². The zero-order valence-corrected chi connectivity index (χ0v) is 11.1. The van der Waals surface area contributed by atoms with E-state index in [2.05, 4.69) is 6.92 Å². The number of carbonyl (C=O) groups is 1. The molecule has 0 radical (unpaired) electrons. The van der Waals surface area contributed by atoms with Crippen molar-refractivity contribution >= 4 is 5.97 Å². The van der Waals surface area contributed by atoms with Gasteiger partial charge in [-0.3, -0.25) is 0 Å². The van der Waals surface area contributed by atoms with Crippen LogP contribution in [0.2, 0.25) is 0 Å². The molecule has 0 saturated heterocycles. The molecule has 1 rings (SSSR count). The molecule has 0 amide bonds. The number of ether oxygens (including phenoxy) is 3. The maximum atomic E-state index is 10.6. The number of rotatable bonds is 10. The lowest BCUT2D eigenvalue weighted by molar-refractivity contribution is 0.0366. The van der Waals surface area contributed by atoms with Crippen molar-refractivity contribution in [2.45, 2.75) is 13.3 Å². The van der Waals surface area contributed by atoms with Crippen molar-refractivity contribution in [2.24, 2.45) is 0 Å². The lowest BCUT2D eigenvalue weighted by atomic mass is 10.2. The predicted molar refractivity (Wildman–Crippen MR) is 70.8 cm³/mol. The highest BCUT2D eigenvalue weighted by Crippen LogP contribution is 2.11. The minimum Gasteiger partial charge on any atom is -0.491 e. The average Bonchev–Trinajstić information content (AvgIpc) is 2.42. The molecule has 0 aromatic heterocycles. The minimum atomic E-state index is -0.943. The summed E-state index contributed by atoms with van der Waals surface area (Å²) in [5.74, 6) is -0.308. The van der Waals surface area contributed by atoms with Gasteiger partial charge in [0.25, 0.3) is 0 Å². The second kappa shape index (κ2) is 9.35. The standard InChI is InChI=1S/C14H20O5/c1-2-7-17-8-9-18-10-11-19-13-5-3-12(4-6-13)14(15)16/h3-6H,2,7-11H2,1H3,(H,15,16). The summed E-state index contributed by atoms with van der Waals surface area (Å²) in [5, 5.41) is 8.74. The molecule has 1 aromatic rings. The van der Waals surface area contributed by atoms with Crippen LogP contribution in [0.4, 0.5) is 0 Å². The predicted octanol–water partition coefficient (Wildman–Crippen LogP) is 2.21. The summed E-state index contributed by atoms with van der Waals surface area (Å²) < 4.78 is 16.0. The molecule has 0 heterocycles. The summed E-state index contributed by atoms with van der Waals surface area (Å²) in [6, 6.07) is 6.29. The second-order valence-corrected chi connectivity index (χ2v) is 3.90. The van der Waals surface area contributed by atoms with Crippen LogP contribution in [-0.4, -0.2) is 44.1 Å². The van der Waals surface area contributed by atoms with E-state index in [9.17, 15) is 4.79 Å². The van der Waals surface area contributed by atoms with E-state index >= 15 is 0 Å². The highest BCUT2D eigenvalue weighted by atomic mass is 16.5. The molecule has 1 aromatic carbocycles. The second-order valence-electron chi connectivity index (χ2n) is 3.90. The van der Waals surface area contributed by atoms with Gasteiger partial charge in [0.1, 0.15) is 12.4 Å². The fourth-order valence-electron chi connectivity index (χ4n) is 1.38. The van der Waals surface area contributed by atoms with Gasteiger partial charge in [0.2, 0.25) is 0 Å². The van der Waals surface area contributed by atoms with Crippen molar-refractivity contribution in [3.63, 3.8) is 0 Å². The Morgan fingerprint density at radius 2 is 1.58 bits per heavy atom. The molecule has 0 fully saturated rings. The van der Waals surface area contributed by atoms with Gasteiger partial charge in [-0.15, -0.1) is 0 Å². The van der Waals surface area contributed by atoms with E-state index in [4.69, 9.17) is 19.3 Å². The zero-order valence-electron chi connectivity index (χ0n) is 11.1. The molecule has 19 heavy (non-hydrogen) atoms. The number of hydrogen-bond acceptors (Lipinski definition) is 4. The largest absolute Gasteiger partial charge is 0.491 e.